The van der Waals surface area contributed by atoms with Gasteiger partial charge in [-0.2, -0.15) is 0 Å². The number of carbonyl (C=O) groups excluding carboxylic acids is 1. The van der Waals surface area contributed by atoms with Crippen LogP contribution in [0.15, 0.2) is 24.3 Å². The van der Waals surface area contributed by atoms with Crippen LogP contribution < -0.4 is 5.32 Å². The molecule has 1 heterocycles. The van der Waals surface area contributed by atoms with Crippen molar-refractivity contribution in [2.75, 3.05) is 13.1 Å². The monoisotopic (exact) mass is 291 g/mol. The topological polar surface area (TPSA) is 58.6 Å². The fourth-order valence-corrected chi connectivity index (χ4v) is 2.86. The summed E-state index contributed by atoms with van der Waals surface area (Å²) in [7, 11) is 0. The molecule has 0 atom stereocenters. The largest absolute Gasteiger partial charge is 0.459 e. The van der Waals surface area contributed by atoms with Crippen molar-refractivity contribution < 1.29 is 14.6 Å². The zero-order valence-corrected chi connectivity index (χ0v) is 12.9. The predicted octanol–water partition coefficient (Wildman–Crippen LogP) is 2.04. The van der Waals surface area contributed by atoms with Crippen LogP contribution in [0.2, 0.25) is 0 Å². The summed E-state index contributed by atoms with van der Waals surface area (Å²) in [6.07, 6.45) is 2.37. The number of carbonyl (C=O) groups is 1. The van der Waals surface area contributed by atoms with Crippen LogP contribution in [0.4, 0.5) is 0 Å². The second-order valence-electron chi connectivity index (χ2n) is 6.25. The van der Waals surface area contributed by atoms with Gasteiger partial charge in [0.05, 0.1) is 13.0 Å². The lowest BCUT2D eigenvalue weighted by Crippen LogP contribution is -2.43. The maximum Gasteiger partial charge on any atom is 0.310 e. The zero-order valence-electron chi connectivity index (χ0n) is 12.9. The third kappa shape index (κ3) is 4.55. The number of hydrogen-bond acceptors (Lipinski definition) is 4. The number of nitrogens with one attached hydrogen (secondary N) is 1. The minimum Gasteiger partial charge on any atom is -0.459 e. The molecule has 0 amide bonds. The van der Waals surface area contributed by atoms with Gasteiger partial charge in [0, 0.05) is 5.92 Å². The predicted molar refractivity (Wildman–Crippen MR) is 81.8 cm³/mol. The molecule has 0 spiro atoms. The smallest absolute Gasteiger partial charge is 0.310 e. The molecule has 1 aliphatic rings. The Labute approximate surface area is 126 Å². The summed E-state index contributed by atoms with van der Waals surface area (Å²) in [6, 6.07) is 7.40. The third-order valence-corrected chi connectivity index (χ3v) is 4.25. The summed E-state index contributed by atoms with van der Waals surface area (Å²) in [5.74, 6) is 0.231. The summed E-state index contributed by atoms with van der Waals surface area (Å²) >= 11 is 0. The molecular weight excluding hydrogens is 266 g/mol. The van der Waals surface area contributed by atoms with Gasteiger partial charge in [-0.25, -0.2) is 0 Å². The van der Waals surface area contributed by atoms with Gasteiger partial charge in [0.25, 0.3) is 0 Å². The zero-order chi connectivity index (χ0) is 15.3. The van der Waals surface area contributed by atoms with Crippen molar-refractivity contribution in [2.24, 2.45) is 5.92 Å². The van der Waals surface area contributed by atoms with Crippen molar-refractivity contribution in [3.8, 4) is 0 Å². The van der Waals surface area contributed by atoms with E-state index in [0.29, 0.717) is 5.92 Å². The number of ether oxygens (including phenoxy) is 1. The molecule has 0 aliphatic carbocycles. The van der Waals surface area contributed by atoms with Crippen LogP contribution in [-0.2, 0) is 22.6 Å². The maximum atomic E-state index is 12.1. The molecule has 0 radical (unpaired) electrons. The number of benzene rings is 1. The minimum atomic E-state index is -0.412. The molecule has 1 saturated heterocycles. The molecule has 1 aromatic rings. The minimum absolute atomic E-state index is 0.0213. The first kappa shape index (κ1) is 16.0. The van der Waals surface area contributed by atoms with Crippen molar-refractivity contribution in [1.82, 2.24) is 5.32 Å². The van der Waals surface area contributed by atoms with E-state index in [1.165, 1.54) is 0 Å². The summed E-state index contributed by atoms with van der Waals surface area (Å²) in [6.45, 7) is 6.03. The van der Waals surface area contributed by atoms with Crippen molar-refractivity contribution in [3.63, 3.8) is 0 Å². The van der Waals surface area contributed by atoms with E-state index in [9.17, 15) is 4.79 Å². The molecule has 4 nitrogen and oxygen atoms in total. The first-order valence-corrected chi connectivity index (χ1v) is 7.62. The number of hydrogen-bond donors (Lipinski definition) is 2. The lowest BCUT2D eigenvalue weighted by molar-refractivity contribution is -0.161. The van der Waals surface area contributed by atoms with E-state index in [1.807, 2.05) is 38.1 Å². The normalized spacial score (nSPS) is 16.7. The molecule has 4 heteroatoms. The van der Waals surface area contributed by atoms with E-state index in [1.54, 1.807) is 0 Å². The number of aliphatic hydroxyl groups excluding tert-OH is 1. The van der Waals surface area contributed by atoms with Crippen LogP contribution in [0, 0.1) is 5.92 Å². The Hall–Kier alpha value is -1.39. The van der Waals surface area contributed by atoms with Crippen LogP contribution in [0.1, 0.15) is 37.8 Å². The average molecular weight is 291 g/mol. The summed E-state index contributed by atoms with van der Waals surface area (Å²) in [5, 5.41) is 12.3. The molecule has 0 aromatic heterocycles. The first-order valence-electron chi connectivity index (χ1n) is 7.62. The summed E-state index contributed by atoms with van der Waals surface area (Å²) in [5.41, 5.74) is 1.35. The fourth-order valence-electron chi connectivity index (χ4n) is 2.86. The van der Waals surface area contributed by atoms with Crippen molar-refractivity contribution in [3.05, 3.63) is 35.4 Å². The van der Waals surface area contributed by atoms with Gasteiger partial charge < -0.3 is 15.2 Å². The van der Waals surface area contributed by atoms with E-state index in [4.69, 9.17) is 9.84 Å². The van der Waals surface area contributed by atoms with E-state index >= 15 is 0 Å². The second-order valence-corrected chi connectivity index (χ2v) is 6.25. The fraction of sp³-hybridized carbons (Fsp3) is 0.588. The molecular formula is C17H25NO3. The Bertz CT molecular complexity index is 461. The van der Waals surface area contributed by atoms with Crippen LogP contribution in [0.5, 0.6) is 0 Å². The van der Waals surface area contributed by atoms with E-state index in [-0.39, 0.29) is 19.0 Å². The number of piperidine rings is 1. The van der Waals surface area contributed by atoms with E-state index < -0.39 is 5.60 Å². The van der Waals surface area contributed by atoms with Crippen LogP contribution >= 0.6 is 0 Å². The SMILES string of the molecule is CC(C)(OC(=O)Cc1ccc(CO)cc1)C1CCNCC1. The highest BCUT2D eigenvalue weighted by molar-refractivity contribution is 5.73. The summed E-state index contributed by atoms with van der Waals surface area (Å²) in [4.78, 5) is 12.1. The van der Waals surface area contributed by atoms with Crippen molar-refractivity contribution >= 4 is 5.97 Å². The highest BCUT2D eigenvalue weighted by atomic mass is 16.6. The third-order valence-electron chi connectivity index (χ3n) is 4.25. The maximum absolute atomic E-state index is 12.1. The van der Waals surface area contributed by atoms with Gasteiger partial charge >= 0.3 is 5.97 Å². The van der Waals surface area contributed by atoms with Gasteiger partial charge in [0.2, 0.25) is 0 Å². The van der Waals surface area contributed by atoms with Crippen LogP contribution in [-0.4, -0.2) is 29.8 Å². The lowest BCUT2D eigenvalue weighted by Gasteiger charge is -2.36. The van der Waals surface area contributed by atoms with Gasteiger partial charge in [-0.05, 0) is 50.9 Å². The van der Waals surface area contributed by atoms with Gasteiger partial charge in [-0.1, -0.05) is 24.3 Å². The Morgan fingerprint density at radius 1 is 1.24 bits per heavy atom. The molecule has 1 aromatic carbocycles. The number of esters is 1. The quantitative estimate of drug-likeness (QED) is 0.815. The number of aliphatic hydroxyl groups is 1. The standard InChI is InChI=1S/C17H25NO3/c1-17(2,15-7-9-18-10-8-15)21-16(20)11-13-3-5-14(12-19)6-4-13/h3-6,15,18-19H,7-12H2,1-2H3. The van der Waals surface area contributed by atoms with Crippen molar-refractivity contribution in [1.29, 1.82) is 0 Å². The molecule has 116 valence electrons. The van der Waals surface area contributed by atoms with Crippen molar-refractivity contribution in [2.45, 2.75) is 45.3 Å². The molecule has 1 fully saturated rings. The number of rotatable bonds is 5. The van der Waals surface area contributed by atoms with Gasteiger partial charge in [0.15, 0.2) is 0 Å². The lowest BCUT2D eigenvalue weighted by atomic mass is 9.83. The average Bonchev–Trinajstić information content (AvgIpc) is 2.48. The molecule has 0 bridgehead atoms. The van der Waals surface area contributed by atoms with Crippen LogP contribution in [0.25, 0.3) is 0 Å². The highest BCUT2D eigenvalue weighted by Crippen LogP contribution is 2.29. The second kappa shape index (κ2) is 7.05. The molecule has 2 rings (SSSR count). The van der Waals surface area contributed by atoms with Gasteiger partial charge in [-0.3, -0.25) is 4.79 Å². The Morgan fingerprint density at radius 3 is 2.38 bits per heavy atom. The van der Waals surface area contributed by atoms with Crippen LogP contribution in [0.3, 0.4) is 0 Å². The molecule has 0 unspecified atom stereocenters. The highest BCUT2D eigenvalue weighted by Gasteiger charge is 2.33. The van der Waals surface area contributed by atoms with Gasteiger partial charge in [0.1, 0.15) is 5.60 Å². The van der Waals surface area contributed by atoms with E-state index in [2.05, 4.69) is 5.32 Å². The molecule has 21 heavy (non-hydrogen) atoms. The Kier molecular flexibility index (Phi) is 5.37. The van der Waals surface area contributed by atoms with E-state index in [0.717, 1.165) is 37.1 Å². The molecule has 1 aliphatic heterocycles. The Morgan fingerprint density at radius 2 is 1.81 bits per heavy atom. The van der Waals surface area contributed by atoms with Gasteiger partial charge in [-0.15, -0.1) is 0 Å². The molecule has 2 N–H and O–H groups in total. The summed E-state index contributed by atoms with van der Waals surface area (Å²) < 4.78 is 5.72. The molecule has 0 saturated carbocycles. The Balaban J connectivity index is 1.90. The first-order chi connectivity index (χ1) is 10.0.